The molecule has 1 amide bonds. The van der Waals surface area contributed by atoms with Gasteiger partial charge in [0.2, 0.25) is 5.91 Å². The number of aliphatic hydroxyl groups is 1. The van der Waals surface area contributed by atoms with Crippen molar-refractivity contribution in [3.63, 3.8) is 0 Å². The normalized spacial score (nSPS) is 35.7. The van der Waals surface area contributed by atoms with Gasteiger partial charge < -0.3 is 24.6 Å². The third-order valence-corrected chi connectivity index (χ3v) is 10.3. The fourth-order valence-corrected chi connectivity index (χ4v) is 7.77. The minimum atomic E-state index is -1.07. The number of piperidine rings is 1. The van der Waals surface area contributed by atoms with Gasteiger partial charge in [-0.25, -0.2) is 0 Å². The summed E-state index contributed by atoms with van der Waals surface area (Å²) in [5, 5.41) is 34.3. The molecule has 3 aliphatic carbocycles. The third kappa shape index (κ3) is 3.88. The van der Waals surface area contributed by atoms with Crippen LogP contribution in [0.1, 0.15) is 74.5 Å². The van der Waals surface area contributed by atoms with Crippen LogP contribution in [-0.2, 0) is 10.2 Å². The van der Waals surface area contributed by atoms with E-state index in [0.29, 0.717) is 31.2 Å². The molecule has 1 aromatic carbocycles. The molecule has 4 aliphatic rings. The van der Waals surface area contributed by atoms with Gasteiger partial charge in [0.25, 0.3) is 0 Å². The fourth-order valence-electron chi connectivity index (χ4n) is 7.77. The van der Waals surface area contributed by atoms with Crippen molar-refractivity contribution in [2.75, 3.05) is 20.1 Å². The average Bonchev–Trinajstić information content (AvgIpc) is 3.81. The summed E-state index contributed by atoms with van der Waals surface area (Å²) in [6.07, 6.45) is 9.25. The molecule has 0 radical (unpaired) electrons. The van der Waals surface area contributed by atoms with Gasteiger partial charge in [-0.15, -0.1) is 0 Å². The number of carbonyl (C=O) groups is 1. The quantitative estimate of drug-likeness (QED) is 0.504. The van der Waals surface area contributed by atoms with Gasteiger partial charge in [-0.05, 0) is 100 Å². The number of phenolic OH excluding ortho intramolecular Hbond substituents is 2. The Morgan fingerprint density at radius 1 is 1.19 bits per heavy atom. The fraction of sp³-hybridized carbons (Fsp3) is 0.633. The molecule has 200 valence electrons. The first-order valence-corrected chi connectivity index (χ1v) is 13.9. The Hall–Kier alpha value is -2.51. The first kappa shape index (κ1) is 24.8. The number of amides is 1. The maximum Gasteiger partial charge on any atom is 0.226 e. The Labute approximate surface area is 219 Å². The number of carbonyl (C=O) groups excluding carboxylic acids is 1. The minimum Gasteiger partial charge on any atom is -0.504 e. The van der Waals surface area contributed by atoms with Crippen LogP contribution in [0.25, 0.3) is 0 Å². The SMILES string of the molecule is Cc1ccc(O)c(O)c1[C@]12CCN(CC3CC3)C(C)C1(O)CCC(N(C)C(=O)C1CC1c1ccoc1)C2. The van der Waals surface area contributed by atoms with Crippen LogP contribution in [0.3, 0.4) is 0 Å². The maximum absolute atomic E-state index is 13.6. The molecule has 7 heteroatoms. The molecule has 6 rings (SSSR count). The number of aromatic hydroxyl groups is 2. The average molecular weight is 509 g/mol. The number of hydrogen-bond acceptors (Lipinski definition) is 6. The number of likely N-dealkylation sites (tertiary alicyclic amines) is 1. The molecule has 0 spiro atoms. The van der Waals surface area contributed by atoms with Gasteiger partial charge in [-0.1, -0.05) is 6.07 Å². The molecule has 3 N–H and O–H groups in total. The molecular formula is C30H40N2O5. The Balaban J connectivity index is 1.33. The topological polar surface area (TPSA) is 97.4 Å². The molecule has 2 aromatic rings. The number of rotatable bonds is 6. The van der Waals surface area contributed by atoms with E-state index < -0.39 is 11.0 Å². The number of phenols is 2. The van der Waals surface area contributed by atoms with E-state index in [0.717, 1.165) is 36.6 Å². The van der Waals surface area contributed by atoms with E-state index in [4.69, 9.17) is 4.42 Å². The van der Waals surface area contributed by atoms with E-state index in [1.165, 1.54) is 18.9 Å². The molecule has 7 nitrogen and oxygen atoms in total. The Morgan fingerprint density at radius 3 is 2.68 bits per heavy atom. The Bertz CT molecular complexity index is 1180. The molecule has 1 aromatic heterocycles. The smallest absolute Gasteiger partial charge is 0.226 e. The van der Waals surface area contributed by atoms with Crippen LogP contribution < -0.4 is 0 Å². The van der Waals surface area contributed by atoms with Gasteiger partial charge in [-0.2, -0.15) is 0 Å². The second kappa shape index (κ2) is 8.77. The van der Waals surface area contributed by atoms with Crippen molar-refractivity contribution in [1.29, 1.82) is 0 Å². The second-order valence-electron chi connectivity index (χ2n) is 12.3. The summed E-state index contributed by atoms with van der Waals surface area (Å²) >= 11 is 0. The molecule has 1 saturated heterocycles. The lowest BCUT2D eigenvalue weighted by molar-refractivity contribution is -0.169. The summed E-state index contributed by atoms with van der Waals surface area (Å²) in [7, 11) is 1.90. The van der Waals surface area contributed by atoms with Crippen LogP contribution >= 0.6 is 0 Å². The number of furan rings is 1. The van der Waals surface area contributed by atoms with Crippen LogP contribution in [0.15, 0.2) is 35.1 Å². The minimum absolute atomic E-state index is 0.0328. The van der Waals surface area contributed by atoms with E-state index in [1.54, 1.807) is 12.5 Å². The van der Waals surface area contributed by atoms with Crippen molar-refractivity contribution in [3.8, 4) is 11.5 Å². The summed E-state index contributed by atoms with van der Waals surface area (Å²) in [6.45, 7) is 5.90. The highest BCUT2D eigenvalue weighted by Gasteiger charge is 2.63. The molecule has 2 heterocycles. The number of hydrogen-bond donors (Lipinski definition) is 3. The zero-order valence-corrected chi connectivity index (χ0v) is 22.2. The van der Waals surface area contributed by atoms with Crippen molar-refractivity contribution < 1.29 is 24.5 Å². The second-order valence-corrected chi connectivity index (χ2v) is 12.3. The van der Waals surface area contributed by atoms with E-state index in [2.05, 4.69) is 11.8 Å². The van der Waals surface area contributed by atoms with Gasteiger partial charge in [0.15, 0.2) is 11.5 Å². The number of fused-ring (bicyclic) bond motifs is 1. The Kier molecular flexibility index (Phi) is 5.88. The first-order chi connectivity index (χ1) is 17.7. The molecule has 1 aliphatic heterocycles. The van der Waals surface area contributed by atoms with Crippen molar-refractivity contribution in [2.45, 2.75) is 87.8 Å². The van der Waals surface area contributed by atoms with E-state index in [9.17, 15) is 20.1 Å². The monoisotopic (exact) mass is 508 g/mol. The maximum atomic E-state index is 13.6. The summed E-state index contributed by atoms with van der Waals surface area (Å²) in [4.78, 5) is 17.9. The third-order valence-electron chi connectivity index (χ3n) is 10.3. The summed E-state index contributed by atoms with van der Waals surface area (Å²) in [5.74, 6) is 0.765. The number of nitrogens with zero attached hydrogens (tertiary/aromatic N) is 2. The Morgan fingerprint density at radius 2 is 1.97 bits per heavy atom. The van der Waals surface area contributed by atoms with Gasteiger partial charge in [-0.3, -0.25) is 9.69 Å². The lowest BCUT2D eigenvalue weighted by atomic mass is 9.52. The predicted octanol–water partition coefficient (Wildman–Crippen LogP) is 4.29. The lowest BCUT2D eigenvalue weighted by Crippen LogP contribution is -2.71. The van der Waals surface area contributed by atoms with Crippen LogP contribution in [0.5, 0.6) is 11.5 Å². The van der Waals surface area contributed by atoms with Crippen LogP contribution in [0.2, 0.25) is 0 Å². The number of benzene rings is 1. The van der Waals surface area contributed by atoms with Gasteiger partial charge in [0, 0.05) is 42.6 Å². The highest BCUT2D eigenvalue weighted by molar-refractivity contribution is 5.83. The summed E-state index contributed by atoms with van der Waals surface area (Å²) in [5.41, 5.74) is 0.771. The zero-order valence-electron chi connectivity index (χ0n) is 22.2. The molecule has 3 saturated carbocycles. The molecule has 5 unspecified atom stereocenters. The van der Waals surface area contributed by atoms with Crippen molar-refractivity contribution in [3.05, 3.63) is 47.4 Å². The summed E-state index contributed by atoms with van der Waals surface area (Å²) < 4.78 is 5.23. The van der Waals surface area contributed by atoms with Crippen LogP contribution in [0.4, 0.5) is 0 Å². The number of aryl methyl sites for hydroxylation is 1. The molecule has 4 fully saturated rings. The predicted molar refractivity (Wildman–Crippen MR) is 139 cm³/mol. The standard InChI is InChI=1S/C30H40N2O5/c1-18-4-7-25(33)27(34)26(18)29-11-12-32(16-20-5-6-20)19(2)30(29,36)10-8-22(15-29)31(3)28(35)24-14-23(24)21-9-13-37-17-21/h4,7,9,13,17,19-20,22-24,33-34,36H,5-6,8,10-12,14-16H2,1-3H3/t19?,22?,23?,24?,29-,30?/m1/s1. The molecule has 0 bridgehead atoms. The highest BCUT2D eigenvalue weighted by Crippen LogP contribution is 2.59. The van der Waals surface area contributed by atoms with E-state index in [-0.39, 0.29) is 41.3 Å². The van der Waals surface area contributed by atoms with Gasteiger partial charge in [0.1, 0.15) is 0 Å². The van der Waals surface area contributed by atoms with E-state index >= 15 is 0 Å². The van der Waals surface area contributed by atoms with Crippen molar-refractivity contribution in [1.82, 2.24) is 9.80 Å². The molecular weight excluding hydrogens is 468 g/mol. The van der Waals surface area contributed by atoms with Gasteiger partial charge >= 0.3 is 0 Å². The highest BCUT2D eigenvalue weighted by atomic mass is 16.3. The zero-order chi connectivity index (χ0) is 26.1. The largest absolute Gasteiger partial charge is 0.504 e. The van der Waals surface area contributed by atoms with E-state index in [1.807, 2.05) is 31.0 Å². The lowest BCUT2D eigenvalue weighted by Gasteiger charge is -2.62. The van der Waals surface area contributed by atoms with Crippen LogP contribution in [-0.4, -0.2) is 68.8 Å². The van der Waals surface area contributed by atoms with Crippen molar-refractivity contribution in [2.24, 2.45) is 11.8 Å². The molecule has 37 heavy (non-hydrogen) atoms. The van der Waals surface area contributed by atoms with Crippen LogP contribution in [0, 0.1) is 18.8 Å². The summed E-state index contributed by atoms with van der Waals surface area (Å²) in [6, 6.07) is 5.16. The van der Waals surface area contributed by atoms with Crippen molar-refractivity contribution >= 4 is 5.91 Å². The van der Waals surface area contributed by atoms with Gasteiger partial charge in [0.05, 0.1) is 18.1 Å². The molecule has 6 atom stereocenters. The first-order valence-electron chi connectivity index (χ1n) is 13.9.